The van der Waals surface area contributed by atoms with Crippen LogP contribution < -0.4 is 10.6 Å². The van der Waals surface area contributed by atoms with Crippen LogP contribution in [0.25, 0.3) is 0 Å². The molecule has 9 heteroatoms. The topological polar surface area (TPSA) is 24.1 Å². The van der Waals surface area contributed by atoms with Crippen molar-refractivity contribution in [3.8, 4) is 0 Å². The lowest BCUT2D eigenvalue weighted by Crippen LogP contribution is -2.63. The van der Waals surface area contributed by atoms with E-state index in [-0.39, 0.29) is 13.1 Å². The molecule has 0 atom stereocenters. The van der Waals surface area contributed by atoms with Crippen LogP contribution in [0.2, 0.25) is 0 Å². The molecule has 0 aromatic carbocycles. The van der Waals surface area contributed by atoms with Crippen LogP contribution in [0.15, 0.2) is 13.2 Å². The van der Waals surface area contributed by atoms with Crippen molar-refractivity contribution in [2.45, 2.75) is 24.2 Å². The molecule has 17 heavy (non-hydrogen) atoms. The van der Waals surface area contributed by atoms with Crippen molar-refractivity contribution < 1.29 is 30.7 Å². The molecular formula is C8H11F7N2. The van der Waals surface area contributed by atoms with Crippen molar-refractivity contribution in [3.63, 3.8) is 0 Å². The summed E-state index contributed by atoms with van der Waals surface area (Å²) in [5.74, 6) is -11.3. The zero-order valence-electron chi connectivity index (χ0n) is 8.55. The van der Waals surface area contributed by atoms with Crippen LogP contribution in [0, 0.1) is 0 Å². The monoisotopic (exact) mass is 268 g/mol. The Bertz CT molecular complexity index is 245. The summed E-state index contributed by atoms with van der Waals surface area (Å²) in [4.78, 5) is 0. The molecule has 0 unspecified atom stereocenters. The second-order valence-electron chi connectivity index (χ2n) is 3.04. The van der Waals surface area contributed by atoms with Gasteiger partial charge in [-0.1, -0.05) is 0 Å². The molecule has 0 saturated carbocycles. The van der Waals surface area contributed by atoms with Crippen LogP contribution in [0.5, 0.6) is 0 Å². The van der Waals surface area contributed by atoms with E-state index in [1.165, 1.54) is 0 Å². The molecule has 1 fully saturated rings. The number of hydrogen-bond donors (Lipinski definition) is 2. The van der Waals surface area contributed by atoms with Gasteiger partial charge in [-0.2, -0.15) is 30.7 Å². The molecule has 102 valence electrons. The van der Waals surface area contributed by atoms with Crippen molar-refractivity contribution >= 4 is 0 Å². The number of rotatable bonds is 2. The molecule has 1 aliphatic rings. The third kappa shape index (κ3) is 2.89. The Balaban J connectivity index is 0.00000121. The molecule has 1 rings (SSSR count). The molecule has 0 amide bonds. The fourth-order valence-electron chi connectivity index (χ4n) is 1.13. The average Bonchev–Trinajstić information content (AvgIpc) is 2.72. The quantitative estimate of drug-likeness (QED) is 0.592. The normalized spacial score (nSPS) is 18.8. The van der Waals surface area contributed by atoms with E-state index in [0.29, 0.717) is 0 Å². The maximum Gasteiger partial charge on any atom is 0.459 e. The first kappa shape index (κ1) is 16.2. The molecule has 0 aliphatic carbocycles. The van der Waals surface area contributed by atoms with Crippen LogP contribution in [0.3, 0.4) is 0 Å². The molecule has 1 saturated heterocycles. The van der Waals surface area contributed by atoms with Gasteiger partial charge in [-0.05, 0) is 0 Å². The molecule has 2 nitrogen and oxygen atoms in total. The van der Waals surface area contributed by atoms with Crippen LogP contribution in [-0.2, 0) is 0 Å². The van der Waals surface area contributed by atoms with Gasteiger partial charge in [0.25, 0.3) is 0 Å². The number of nitrogens with one attached hydrogen (secondary N) is 2. The van der Waals surface area contributed by atoms with Crippen LogP contribution in [0.4, 0.5) is 30.7 Å². The fourth-order valence-corrected chi connectivity index (χ4v) is 1.13. The highest BCUT2D eigenvalue weighted by molar-refractivity contribution is 4.99. The largest absolute Gasteiger partial charge is 0.459 e. The van der Waals surface area contributed by atoms with Crippen LogP contribution in [0.1, 0.15) is 0 Å². The molecular weight excluding hydrogens is 257 g/mol. The minimum Gasteiger partial charge on any atom is -0.295 e. The van der Waals surface area contributed by atoms with E-state index in [0.717, 1.165) is 0 Å². The predicted molar refractivity (Wildman–Crippen MR) is 47.0 cm³/mol. The minimum absolute atomic E-state index is 0.0891. The lowest BCUT2D eigenvalue weighted by atomic mass is 10.1. The van der Waals surface area contributed by atoms with Gasteiger partial charge in [-0.15, -0.1) is 13.2 Å². The SMILES string of the molecule is C=C.FC(F)(F)C(F)(F)C(F)(F)C1NCCN1. The Kier molecular flexibility index (Phi) is 4.96. The smallest absolute Gasteiger partial charge is 0.295 e. The first-order chi connectivity index (χ1) is 7.61. The summed E-state index contributed by atoms with van der Waals surface area (Å²) in [6.45, 7) is 5.82. The fraction of sp³-hybridized carbons (Fsp3) is 0.750. The lowest BCUT2D eigenvalue weighted by molar-refractivity contribution is -0.360. The molecule has 0 spiro atoms. The third-order valence-corrected chi connectivity index (χ3v) is 1.96. The van der Waals surface area contributed by atoms with Gasteiger partial charge in [0.1, 0.15) is 6.17 Å². The summed E-state index contributed by atoms with van der Waals surface area (Å²) >= 11 is 0. The summed E-state index contributed by atoms with van der Waals surface area (Å²) in [5, 5.41) is 3.67. The zero-order chi connectivity index (χ0) is 13.9. The minimum atomic E-state index is -6.28. The van der Waals surface area contributed by atoms with Crippen LogP contribution >= 0.6 is 0 Å². The summed E-state index contributed by atoms with van der Waals surface area (Å²) < 4.78 is 85.5. The highest BCUT2D eigenvalue weighted by Crippen LogP contribution is 2.47. The van der Waals surface area contributed by atoms with Gasteiger partial charge in [-0.3, -0.25) is 10.6 Å². The number of alkyl halides is 7. The van der Waals surface area contributed by atoms with E-state index in [4.69, 9.17) is 0 Å². The summed E-state index contributed by atoms with van der Waals surface area (Å²) in [5.41, 5.74) is 0. The van der Waals surface area contributed by atoms with E-state index in [2.05, 4.69) is 13.2 Å². The maximum atomic E-state index is 12.8. The van der Waals surface area contributed by atoms with Gasteiger partial charge < -0.3 is 0 Å². The summed E-state index contributed by atoms with van der Waals surface area (Å²) in [7, 11) is 0. The van der Waals surface area contributed by atoms with Gasteiger partial charge in [0.2, 0.25) is 0 Å². The molecule has 1 heterocycles. The Morgan fingerprint density at radius 1 is 0.824 bits per heavy atom. The zero-order valence-corrected chi connectivity index (χ0v) is 8.55. The van der Waals surface area contributed by atoms with E-state index in [1.807, 2.05) is 10.6 Å². The second-order valence-corrected chi connectivity index (χ2v) is 3.04. The molecule has 0 bridgehead atoms. The summed E-state index contributed by atoms with van der Waals surface area (Å²) in [6.07, 6.45) is -8.64. The van der Waals surface area contributed by atoms with Crippen molar-refractivity contribution in [1.82, 2.24) is 10.6 Å². The standard InChI is InChI=1S/C6H7F7N2.C2H4/c7-4(8,3-14-1-2-15-3)5(9,10)6(11,12)13;1-2/h3,14-15H,1-2H2;1-2H2. The van der Waals surface area contributed by atoms with Gasteiger partial charge in [-0.25, -0.2) is 0 Å². The number of halogens is 7. The van der Waals surface area contributed by atoms with Gasteiger partial charge in [0.05, 0.1) is 0 Å². The Morgan fingerprint density at radius 3 is 1.47 bits per heavy atom. The highest BCUT2D eigenvalue weighted by atomic mass is 19.4. The van der Waals surface area contributed by atoms with E-state index in [9.17, 15) is 30.7 Å². The maximum absolute atomic E-state index is 12.8. The molecule has 0 aromatic heterocycles. The van der Waals surface area contributed by atoms with Crippen LogP contribution in [-0.4, -0.2) is 37.3 Å². The Morgan fingerprint density at radius 2 is 1.18 bits per heavy atom. The van der Waals surface area contributed by atoms with E-state index < -0.39 is 24.2 Å². The van der Waals surface area contributed by atoms with Crippen molar-refractivity contribution in [2.75, 3.05) is 13.1 Å². The third-order valence-electron chi connectivity index (χ3n) is 1.96. The van der Waals surface area contributed by atoms with E-state index in [1.54, 1.807) is 0 Å². The molecule has 1 aliphatic heterocycles. The summed E-state index contributed by atoms with van der Waals surface area (Å²) in [6, 6.07) is 0. The van der Waals surface area contributed by atoms with Crippen molar-refractivity contribution in [1.29, 1.82) is 0 Å². The van der Waals surface area contributed by atoms with Gasteiger partial charge in [0.15, 0.2) is 0 Å². The van der Waals surface area contributed by atoms with Gasteiger partial charge >= 0.3 is 18.0 Å². The molecule has 0 radical (unpaired) electrons. The Labute approximate surface area is 92.9 Å². The van der Waals surface area contributed by atoms with Crippen molar-refractivity contribution in [3.05, 3.63) is 13.2 Å². The Hall–Kier alpha value is -0.830. The predicted octanol–water partition coefficient (Wildman–Crippen LogP) is 2.14. The lowest BCUT2D eigenvalue weighted by Gasteiger charge is -2.32. The number of hydrogen-bond acceptors (Lipinski definition) is 2. The average molecular weight is 268 g/mol. The first-order valence-corrected chi connectivity index (χ1v) is 4.40. The highest BCUT2D eigenvalue weighted by Gasteiger charge is 2.75. The first-order valence-electron chi connectivity index (χ1n) is 4.40. The molecule has 0 aromatic rings. The molecule has 2 N–H and O–H groups in total. The second kappa shape index (κ2) is 5.21. The van der Waals surface area contributed by atoms with Crippen molar-refractivity contribution in [2.24, 2.45) is 0 Å². The van der Waals surface area contributed by atoms with E-state index >= 15 is 0 Å². The van der Waals surface area contributed by atoms with Gasteiger partial charge in [0, 0.05) is 13.1 Å².